The highest BCUT2D eigenvalue weighted by molar-refractivity contribution is 5.82. The Morgan fingerprint density at radius 1 is 1.22 bits per heavy atom. The average molecular weight is 316 g/mol. The van der Waals surface area contributed by atoms with Crippen molar-refractivity contribution in [3.05, 3.63) is 29.6 Å². The zero-order valence-electron chi connectivity index (χ0n) is 14.1. The van der Waals surface area contributed by atoms with E-state index in [0.29, 0.717) is 25.6 Å². The molecule has 23 heavy (non-hydrogen) atoms. The Hall–Kier alpha value is -2.37. The van der Waals surface area contributed by atoms with Gasteiger partial charge in [0.2, 0.25) is 11.8 Å². The molecule has 1 aromatic heterocycles. The zero-order chi connectivity index (χ0) is 17.0. The minimum absolute atomic E-state index is 0.0604. The van der Waals surface area contributed by atoms with Crippen molar-refractivity contribution in [2.75, 3.05) is 13.1 Å². The molecule has 2 aromatic rings. The zero-order valence-corrected chi connectivity index (χ0v) is 14.1. The van der Waals surface area contributed by atoms with E-state index in [2.05, 4.69) is 34.0 Å². The molecule has 1 aromatic carbocycles. The van der Waals surface area contributed by atoms with Crippen LogP contribution >= 0.6 is 0 Å². The highest BCUT2D eigenvalue weighted by Gasteiger charge is 2.11. The van der Waals surface area contributed by atoms with Crippen LogP contribution in [0.5, 0.6) is 0 Å². The molecule has 0 fully saturated rings. The molecule has 2 amide bonds. The maximum absolute atomic E-state index is 11.9. The summed E-state index contributed by atoms with van der Waals surface area (Å²) in [6.45, 7) is 8.58. The molecule has 0 bridgehead atoms. The number of carbonyl (C=O) groups excluding carboxylic acids is 2. The van der Waals surface area contributed by atoms with E-state index in [1.165, 1.54) is 6.92 Å². The lowest BCUT2D eigenvalue weighted by molar-refractivity contribution is -0.121. The molecule has 0 unspecified atom stereocenters. The van der Waals surface area contributed by atoms with Crippen molar-refractivity contribution >= 4 is 22.8 Å². The van der Waals surface area contributed by atoms with Gasteiger partial charge in [0.15, 0.2) is 0 Å². The van der Waals surface area contributed by atoms with Crippen molar-refractivity contribution in [2.24, 2.45) is 0 Å². The van der Waals surface area contributed by atoms with Gasteiger partial charge in [-0.15, -0.1) is 0 Å². The Kier molecular flexibility index (Phi) is 5.36. The fourth-order valence-electron chi connectivity index (χ4n) is 2.71. The molecule has 1 heterocycles. The molecule has 0 aliphatic heterocycles. The number of aryl methyl sites for hydroxylation is 1. The van der Waals surface area contributed by atoms with Crippen molar-refractivity contribution in [1.82, 2.24) is 20.2 Å². The van der Waals surface area contributed by atoms with E-state index in [-0.39, 0.29) is 11.8 Å². The molecule has 6 nitrogen and oxygen atoms in total. The summed E-state index contributed by atoms with van der Waals surface area (Å²) in [6, 6.07) is 6.31. The molecular formula is C17H24N4O2. The summed E-state index contributed by atoms with van der Waals surface area (Å²) in [4.78, 5) is 27.3. The van der Waals surface area contributed by atoms with Crippen molar-refractivity contribution in [3.8, 4) is 0 Å². The Balaban J connectivity index is 2.01. The lowest BCUT2D eigenvalue weighted by Gasteiger charge is -2.10. The number of hydrogen-bond donors (Lipinski definition) is 2. The third-order valence-electron chi connectivity index (χ3n) is 3.63. The van der Waals surface area contributed by atoms with Gasteiger partial charge >= 0.3 is 0 Å². The summed E-state index contributed by atoms with van der Waals surface area (Å²) in [5.41, 5.74) is 2.94. The number of rotatable bonds is 6. The first kappa shape index (κ1) is 17.0. The van der Waals surface area contributed by atoms with Crippen molar-refractivity contribution in [3.63, 3.8) is 0 Å². The highest BCUT2D eigenvalue weighted by atomic mass is 16.2. The average Bonchev–Trinajstić information content (AvgIpc) is 2.78. The summed E-state index contributed by atoms with van der Waals surface area (Å²) >= 11 is 0. The molecule has 6 heteroatoms. The minimum atomic E-state index is -0.0965. The van der Waals surface area contributed by atoms with E-state index >= 15 is 0 Å². The summed E-state index contributed by atoms with van der Waals surface area (Å²) in [7, 11) is 0. The fourth-order valence-corrected chi connectivity index (χ4v) is 2.71. The maximum atomic E-state index is 11.9. The third-order valence-corrected chi connectivity index (χ3v) is 3.63. The van der Waals surface area contributed by atoms with Gasteiger partial charge in [-0.05, 0) is 38.5 Å². The van der Waals surface area contributed by atoms with Crippen LogP contribution in [0.3, 0.4) is 0 Å². The molecule has 0 spiro atoms. The van der Waals surface area contributed by atoms with E-state index in [1.54, 1.807) is 0 Å². The number of amides is 2. The molecule has 0 aliphatic carbocycles. The third kappa shape index (κ3) is 4.31. The van der Waals surface area contributed by atoms with Gasteiger partial charge in [-0.1, -0.05) is 6.07 Å². The lowest BCUT2D eigenvalue weighted by Crippen LogP contribution is -2.34. The van der Waals surface area contributed by atoms with E-state index in [4.69, 9.17) is 0 Å². The number of nitrogens with zero attached hydrogens (tertiary/aromatic N) is 2. The summed E-state index contributed by atoms with van der Waals surface area (Å²) in [5, 5.41) is 5.43. The second-order valence-electron chi connectivity index (χ2n) is 5.96. The number of imidazole rings is 1. The van der Waals surface area contributed by atoms with Crippen LogP contribution < -0.4 is 10.6 Å². The van der Waals surface area contributed by atoms with Gasteiger partial charge in [0.05, 0.1) is 17.5 Å². The van der Waals surface area contributed by atoms with E-state index in [1.807, 2.05) is 25.1 Å². The monoisotopic (exact) mass is 316 g/mol. The summed E-state index contributed by atoms with van der Waals surface area (Å²) < 4.78 is 2.19. The van der Waals surface area contributed by atoms with Crippen LogP contribution in [-0.2, 0) is 16.0 Å². The first-order valence-electron chi connectivity index (χ1n) is 7.87. The van der Waals surface area contributed by atoms with Crippen LogP contribution in [0.4, 0.5) is 0 Å². The Labute approximate surface area is 136 Å². The highest BCUT2D eigenvalue weighted by Crippen LogP contribution is 2.21. The molecule has 124 valence electrons. The minimum Gasteiger partial charge on any atom is -0.355 e. The number of hydrogen-bond acceptors (Lipinski definition) is 3. The molecule has 0 radical (unpaired) electrons. The lowest BCUT2D eigenvalue weighted by atomic mass is 10.1. The molecule has 0 saturated carbocycles. The fraction of sp³-hybridized carbons (Fsp3) is 0.471. The maximum Gasteiger partial charge on any atom is 0.224 e. The summed E-state index contributed by atoms with van der Waals surface area (Å²) in [6.07, 6.45) is 0.309. The largest absolute Gasteiger partial charge is 0.355 e. The van der Waals surface area contributed by atoms with Crippen LogP contribution in [0.2, 0.25) is 0 Å². The first-order chi connectivity index (χ1) is 10.9. The van der Waals surface area contributed by atoms with E-state index in [9.17, 15) is 9.59 Å². The molecule has 2 rings (SSSR count). The predicted molar refractivity (Wildman–Crippen MR) is 90.3 cm³/mol. The molecular weight excluding hydrogens is 292 g/mol. The number of benzene rings is 1. The van der Waals surface area contributed by atoms with Gasteiger partial charge in [0.25, 0.3) is 0 Å². The van der Waals surface area contributed by atoms with Crippen molar-refractivity contribution in [1.29, 1.82) is 0 Å². The molecule has 0 saturated heterocycles. The number of carbonyl (C=O) groups is 2. The number of aromatic nitrogens is 2. The first-order valence-corrected chi connectivity index (χ1v) is 7.87. The normalized spacial score (nSPS) is 11.0. The Morgan fingerprint density at radius 2 is 1.91 bits per heavy atom. The molecule has 2 N–H and O–H groups in total. The topological polar surface area (TPSA) is 76.0 Å². The molecule has 0 aliphatic rings. The second-order valence-corrected chi connectivity index (χ2v) is 5.96. The van der Waals surface area contributed by atoms with Gasteiger partial charge in [0, 0.05) is 26.1 Å². The van der Waals surface area contributed by atoms with Crippen molar-refractivity contribution < 1.29 is 9.59 Å². The molecule has 0 atom stereocenters. The van der Waals surface area contributed by atoms with Crippen LogP contribution in [0.15, 0.2) is 18.2 Å². The Morgan fingerprint density at radius 3 is 2.57 bits per heavy atom. The number of nitrogens with one attached hydrogen (secondary N) is 2. The van der Waals surface area contributed by atoms with Gasteiger partial charge in [-0.25, -0.2) is 4.98 Å². The van der Waals surface area contributed by atoms with Crippen molar-refractivity contribution in [2.45, 2.75) is 40.2 Å². The SMILES string of the molecule is CC(=O)NCCNC(=O)Cc1ccc2c(c1)nc(C)n2C(C)C. The van der Waals surface area contributed by atoms with Crippen LogP contribution in [0.25, 0.3) is 11.0 Å². The van der Waals surface area contributed by atoms with Crippen LogP contribution in [0.1, 0.15) is 38.2 Å². The quantitative estimate of drug-likeness (QED) is 0.797. The van der Waals surface area contributed by atoms with E-state index in [0.717, 1.165) is 22.4 Å². The van der Waals surface area contributed by atoms with Crippen LogP contribution in [0, 0.1) is 6.92 Å². The van der Waals surface area contributed by atoms with Gasteiger partial charge in [-0.3, -0.25) is 9.59 Å². The van der Waals surface area contributed by atoms with Gasteiger partial charge in [0.1, 0.15) is 5.82 Å². The smallest absolute Gasteiger partial charge is 0.224 e. The number of fused-ring (bicyclic) bond motifs is 1. The standard InChI is InChI=1S/C17H24N4O2/c1-11(2)21-12(3)20-15-9-14(5-6-16(15)21)10-17(23)19-8-7-18-13(4)22/h5-6,9,11H,7-8,10H2,1-4H3,(H,18,22)(H,19,23). The van der Waals surface area contributed by atoms with Gasteiger partial charge < -0.3 is 15.2 Å². The van der Waals surface area contributed by atoms with Gasteiger partial charge in [-0.2, -0.15) is 0 Å². The summed E-state index contributed by atoms with van der Waals surface area (Å²) in [5.74, 6) is 0.822. The second kappa shape index (κ2) is 7.26. The predicted octanol–water partition coefficient (Wildman–Crippen LogP) is 1.72. The van der Waals surface area contributed by atoms with E-state index < -0.39 is 0 Å². The van der Waals surface area contributed by atoms with Crippen LogP contribution in [-0.4, -0.2) is 34.5 Å². The Bertz CT molecular complexity index is 719.